The number of nitrogens with one attached hydrogen (secondary N) is 1. The number of nitrogens with zero attached hydrogens (tertiary/aromatic N) is 2. The van der Waals surface area contributed by atoms with Crippen molar-refractivity contribution in [2.45, 2.75) is 25.8 Å². The topological polar surface area (TPSA) is 75.0 Å². The molecule has 0 atom stereocenters. The zero-order valence-electron chi connectivity index (χ0n) is 13.8. The molecule has 1 amide bonds. The second-order valence-corrected chi connectivity index (χ2v) is 7.06. The van der Waals surface area contributed by atoms with Gasteiger partial charge in [0.1, 0.15) is 0 Å². The minimum Gasteiger partial charge on any atom is -0.369 e. The second kappa shape index (κ2) is 5.09. The highest BCUT2D eigenvalue weighted by Gasteiger charge is 2.33. The third-order valence-electron chi connectivity index (χ3n) is 4.73. The SMILES string of the molecule is CC1(C)CN(C(=O)c2ccc3nc(N)[nH]c3c2)Cc2ccccc21. The van der Waals surface area contributed by atoms with Gasteiger partial charge in [0.15, 0.2) is 5.95 Å². The van der Waals surface area contributed by atoms with Crippen LogP contribution in [0, 0.1) is 0 Å². The molecule has 2 heterocycles. The van der Waals surface area contributed by atoms with Gasteiger partial charge in [-0.3, -0.25) is 4.79 Å². The number of benzene rings is 2. The Morgan fingerprint density at radius 2 is 2.04 bits per heavy atom. The highest BCUT2D eigenvalue weighted by molar-refractivity contribution is 5.97. The molecule has 3 N–H and O–H groups in total. The molecule has 122 valence electrons. The van der Waals surface area contributed by atoms with E-state index in [1.54, 1.807) is 0 Å². The van der Waals surface area contributed by atoms with Crippen LogP contribution in [0.2, 0.25) is 0 Å². The highest BCUT2D eigenvalue weighted by atomic mass is 16.2. The molecular formula is C19H20N4O. The number of imidazole rings is 1. The van der Waals surface area contributed by atoms with Gasteiger partial charge in [-0.05, 0) is 29.3 Å². The van der Waals surface area contributed by atoms with Crippen LogP contribution in [-0.2, 0) is 12.0 Å². The number of carbonyl (C=O) groups is 1. The summed E-state index contributed by atoms with van der Waals surface area (Å²) in [5, 5.41) is 0. The van der Waals surface area contributed by atoms with Crippen LogP contribution in [-0.4, -0.2) is 27.3 Å². The van der Waals surface area contributed by atoms with E-state index in [-0.39, 0.29) is 11.3 Å². The van der Waals surface area contributed by atoms with E-state index < -0.39 is 0 Å². The smallest absolute Gasteiger partial charge is 0.254 e. The molecular weight excluding hydrogens is 300 g/mol. The van der Waals surface area contributed by atoms with Crippen molar-refractivity contribution in [3.63, 3.8) is 0 Å². The normalized spacial score (nSPS) is 16.2. The van der Waals surface area contributed by atoms with Gasteiger partial charge in [0.05, 0.1) is 11.0 Å². The maximum absolute atomic E-state index is 13.0. The number of rotatable bonds is 1. The highest BCUT2D eigenvalue weighted by Crippen LogP contribution is 2.33. The van der Waals surface area contributed by atoms with Gasteiger partial charge < -0.3 is 15.6 Å². The summed E-state index contributed by atoms with van der Waals surface area (Å²) in [6.45, 7) is 5.71. The number of fused-ring (bicyclic) bond motifs is 2. The number of nitrogen functional groups attached to an aromatic ring is 1. The molecule has 0 radical (unpaired) electrons. The summed E-state index contributed by atoms with van der Waals surface area (Å²) in [7, 11) is 0. The lowest BCUT2D eigenvalue weighted by Crippen LogP contribution is -2.45. The van der Waals surface area contributed by atoms with E-state index in [2.05, 4.69) is 42.0 Å². The fourth-order valence-corrected chi connectivity index (χ4v) is 3.63. The fraction of sp³-hybridized carbons (Fsp3) is 0.263. The quantitative estimate of drug-likeness (QED) is 0.723. The van der Waals surface area contributed by atoms with Gasteiger partial charge in [-0.25, -0.2) is 4.98 Å². The maximum atomic E-state index is 13.0. The summed E-state index contributed by atoms with van der Waals surface area (Å²) in [4.78, 5) is 22.1. The Morgan fingerprint density at radius 1 is 1.25 bits per heavy atom. The van der Waals surface area contributed by atoms with Gasteiger partial charge in [-0.2, -0.15) is 0 Å². The number of amides is 1. The Labute approximate surface area is 140 Å². The van der Waals surface area contributed by atoms with Crippen molar-refractivity contribution in [3.8, 4) is 0 Å². The Morgan fingerprint density at radius 3 is 2.88 bits per heavy atom. The van der Waals surface area contributed by atoms with Crippen LogP contribution in [0.15, 0.2) is 42.5 Å². The fourth-order valence-electron chi connectivity index (χ4n) is 3.63. The van der Waals surface area contributed by atoms with Gasteiger partial charge in [0, 0.05) is 24.1 Å². The number of aromatic nitrogens is 2. The maximum Gasteiger partial charge on any atom is 0.254 e. The summed E-state index contributed by atoms with van der Waals surface area (Å²) >= 11 is 0. The largest absolute Gasteiger partial charge is 0.369 e. The number of hydrogen-bond donors (Lipinski definition) is 2. The molecule has 0 saturated carbocycles. The molecule has 0 bridgehead atoms. The Balaban J connectivity index is 1.69. The summed E-state index contributed by atoms with van der Waals surface area (Å²) in [5.41, 5.74) is 10.4. The Kier molecular flexibility index (Phi) is 3.13. The van der Waals surface area contributed by atoms with E-state index in [4.69, 9.17) is 5.73 Å². The molecule has 1 aliphatic rings. The standard InChI is InChI=1S/C19H20N4O/c1-19(2)11-23(10-13-5-3-4-6-14(13)19)17(24)12-7-8-15-16(9-12)22-18(20)21-15/h3-9H,10-11H2,1-2H3,(H3,20,21,22). The lowest BCUT2D eigenvalue weighted by atomic mass is 9.78. The minimum absolute atomic E-state index is 0.0349. The molecule has 0 spiro atoms. The number of hydrogen-bond acceptors (Lipinski definition) is 3. The van der Waals surface area contributed by atoms with E-state index in [0.29, 0.717) is 24.6 Å². The average molecular weight is 320 g/mol. The van der Waals surface area contributed by atoms with Crippen LogP contribution in [0.25, 0.3) is 11.0 Å². The first-order valence-corrected chi connectivity index (χ1v) is 8.07. The van der Waals surface area contributed by atoms with Crippen molar-refractivity contribution in [2.24, 2.45) is 0 Å². The first kappa shape index (κ1) is 14.8. The molecule has 0 saturated heterocycles. The van der Waals surface area contributed by atoms with Crippen molar-refractivity contribution in [1.82, 2.24) is 14.9 Å². The number of nitrogens with two attached hydrogens (primary N) is 1. The van der Waals surface area contributed by atoms with Crippen LogP contribution in [0.5, 0.6) is 0 Å². The van der Waals surface area contributed by atoms with Crippen molar-refractivity contribution in [3.05, 3.63) is 59.2 Å². The zero-order chi connectivity index (χ0) is 16.9. The van der Waals surface area contributed by atoms with Crippen molar-refractivity contribution < 1.29 is 4.79 Å². The van der Waals surface area contributed by atoms with E-state index in [9.17, 15) is 4.79 Å². The predicted molar refractivity (Wildman–Crippen MR) is 94.7 cm³/mol. The summed E-state index contributed by atoms with van der Waals surface area (Å²) < 4.78 is 0. The summed E-state index contributed by atoms with van der Waals surface area (Å²) in [6, 6.07) is 13.8. The molecule has 0 unspecified atom stereocenters. The predicted octanol–water partition coefficient (Wildman–Crippen LogP) is 3.08. The lowest BCUT2D eigenvalue weighted by molar-refractivity contribution is 0.0686. The monoisotopic (exact) mass is 320 g/mol. The molecule has 0 aliphatic carbocycles. The molecule has 1 aliphatic heterocycles. The summed E-state index contributed by atoms with van der Waals surface area (Å²) in [5.74, 6) is 0.398. The van der Waals surface area contributed by atoms with E-state index in [1.165, 1.54) is 11.1 Å². The van der Waals surface area contributed by atoms with Crippen LogP contribution in [0.4, 0.5) is 5.95 Å². The Bertz CT molecular complexity index is 941. The number of H-pyrrole nitrogens is 1. The molecule has 5 heteroatoms. The van der Waals surface area contributed by atoms with Crippen LogP contribution in [0.1, 0.15) is 35.3 Å². The molecule has 5 nitrogen and oxygen atoms in total. The first-order chi connectivity index (χ1) is 11.4. The average Bonchev–Trinajstić information content (AvgIpc) is 2.92. The van der Waals surface area contributed by atoms with Gasteiger partial charge >= 0.3 is 0 Å². The number of aromatic amines is 1. The third-order valence-corrected chi connectivity index (χ3v) is 4.73. The second-order valence-electron chi connectivity index (χ2n) is 7.06. The van der Waals surface area contributed by atoms with Crippen molar-refractivity contribution >= 4 is 22.9 Å². The Hall–Kier alpha value is -2.82. The third kappa shape index (κ3) is 2.33. The van der Waals surface area contributed by atoms with Crippen LogP contribution < -0.4 is 5.73 Å². The van der Waals surface area contributed by atoms with Gasteiger partial charge in [-0.1, -0.05) is 38.1 Å². The van der Waals surface area contributed by atoms with Crippen molar-refractivity contribution in [2.75, 3.05) is 12.3 Å². The molecule has 0 fully saturated rings. The van der Waals surface area contributed by atoms with Crippen LogP contribution in [0.3, 0.4) is 0 Å². The van der Waals surface area contributed by atoms with Gasteiger partial charge in [0.2, 0.25) is 0 Å². The van der Waals surface area contributed by atoms with Crippen LogP contribution >= 0.6 is 0 Å². The molecule has 3 aromatic rings. The molecule has 4 rings (SSSR count). The minimum atomic E-state index is -0.0625. The zero-order valence-corrected chi connectivity index (χ0v) is 13.8. The van der Waals surface area contributed by atoms with E-state index in [1.807, 2.05) is 29.2 Å². The molecule has 2 aromatic carbocycles. The van der Waals surface area contributed by atoms with Crippen molar-refractivity contribution in [1.29, 1.82) is 0 Å². The van der Waals surface area contributed by atoms with Gasteiger partial charge in [0.25, 0.3) is 5.91 Å². The lowest BCUT2D eigenvalue weighted by Gasteiger charge is -2.40. The number of anilines is 1. The van der Waals surface area contributed by atoms with E-state index in [0.717, 1.165) is 11.0 Å². The summed E-state index contributed by atoms with van der Waals surface area (Å²) in [6.07, 6.45) is 0. The van der Waals surface area contributed by atoms with Gasteiger partial charge in [-0.15, -0.1) is 0 Å². The molecule has 1 aromatic heterocycles. The first-order valence-electron chi connectivity index (χ1n) is 8.07. The number of carbonyl (C=O) groups excluding carboxylic acids is 1. The van der Waals surface area contributed by atoms with E-state index >= 15 is 0 Å². The molecule has 24 heavy (non-hydrogen) atoms.